The molecule has 0 bridgehead atoms. The summed E-state index contributed by atoms with van der Waals surface area (Å²) < 4.78 is 0. The summed E-state index contributed by atoms with van der Waals surface area (Å²) in [7, 11) is 0. The predicted molar refractivity (Wildman–Crippen MR) is 127 cm³/mol. The molecule has 0 unspecified atom stereocenters. The van der Waals surface area contributed by atoms with Crippen molar-refractivity contribution in [3.63, 3.8) is 0 Å². The Labute approximate surface area is 190 Å². The predicted octanol–water partition coefficient (Wildman–Crippen LogP) is 5.86. The molecule has 5 rings (SSSR count). The summed E-state index contributed by atoms with van der Waals surface area (Å²) in [6.45, 7) is 0. The van der Waals surface area contributed by atoms with Crippen molar-refractivity contribution in [2.75, 3.05) is 16.0 Å². The molecule has 31 heavy (non-hydrogen) atoms. The number of benzene rings is 3. The van der Waals surface area contributed by atoms with Gasteiger partial charge in [-0.3, -0.25) is 14.5 Å². The molecule has 0 aromatic heterocycles. The van der Waals surface area contributed by atoms with Gasteiger partial charge >= 0.3 is 0 Å². The quantitative estimate of drug-likeness (QED) is 0.543. The second-order valence-electron chi connectivity index (χ2n) is 7.79. The van der Waals surface area contributed by atoms with Gasteiger partial charge in [0.2, 0.25) is 5.91 Å². The first kappa shape index (κ1) is 20.2. The minimum atomic E-state index is -0.247. The van der Waals surface area contributed by atoms with Gasteiger partial charge < -0.3 is 5.32 Å². The topological polar surface area (TPSA) is 49.4 Å². The van der Waals surface area contributed by atoms with E-state index in [0.717, 1.165) is 24.1 Å². The van der Waals surface area contributed by atoms with Gasteiger partial charge in [-0.15, -0.1) is 11.8 Å². The van der Waals surface area contributed by atoms with Crippen molar-refractivity contribution in [3.8, 4) is 0 Å². The van der Waals surface area contributed by atoms with Gasteiger partial charge in [0.1, 0.15) is 5.37 Å². The second kappa shape index (κ2) is 8.40. The first-order chi connectivity index (χ1) is 15.1. The van der Waals surface area contributed by atoms with E-state index in [0.29, 0.717) is 22.0 Å². The number of halogens is 1. The average molecular weight is 449 g/mol. The van der Waals surface area contributed by atoms with Crippen molar-refractivity contribution < 1.29 is 9.59 Å². The van der Waals surface area contributed by atoms with Gasteiger partial charge in [0.15, 0.2) is 0 Å². The van der Waals surface area contributed by atoms with Gasteiger partial charge in [0, 0.05) is 11.4 Å². The van der Waals surface area contributed by atoms with Crippen LogP contribution in [0.1, 0.15) is 38.8 Å². The van der Waals surface area contributed by atoms with Gasteiger partial charge in [0.25, 0.3) is 5.91 Å². The second-order valence-corrected chi connectivity index (χ2v) is 9.27. The standard InChI is InChI=1S/C25H21ClN2O2S/c26-22-7-2-1-6-21(22)24(30)27-19-11-8-17(9-12-19)25-28(23(29)15-31-25)20-13-10-16-4-3-5-18(16)14-20/h1-2,6-14,25H,3-5,15H2,(H,27,30)/t25-/m1/s1. The van der Waals surface area contributed by atoms with Crippen LogP contribution in [-0.2, 0) is 17.6 Å². The zero-order chi connectivity index (χ0) is 21.4. The fraction of sp³-hybridized carbons (Fsp3) is 0.200. The summed E-state index contributed by atoms with van der Waals surface area (Å²) in [5.74, 6) is 0.347. The molecule has 0 radical (unpaired) electrons. The third-order valence-corrected chi connectivity index (χ3v) is 7.34. The molecule has 2 amide bonds. The van der Waals surface area contributed by atoms with E-state index >= 15 is 0 Å². The minimum absolute atomic E-state index is 0.0692. The first-order valence-corrected chi connectivity index (χ1v) is 11.7. The number of anilines is 2. The van der Waals surface area contributed by atoms with E-state index < -0.39 is 0 Å². The molecule has 1 saturated heterocycles. The Morgan fingerprint density at radius 1 is 1.00 bits per heavy atom. The summed E-state index contributed by atoms with van der Waals surface area (Å²) in [5.41, 5.74) is 5.89. The third-order valence-electron chi connectivity index (χ3n) is 5.80. The molecule has 0 saturated carbocycles. The number of rotatable bonds is 4. The number of thioether (sulfide) groups is 1. The zero-order valence-electron chi connectivity index (χ0n) is 16.8. The molecule has 3 aromatic carbocycles. The number of aryl methyl sites for hydroxylation is 2. The normalized spacial score (nSPS) is 17.6. The van der Waals surface area contributed by atoms with Crippen LogP contribution in [0.15, 0.2) is 66.7 Å². The molecule has 156 valence electrons. The van der Waals surface area contributed by atoms with E-state index in [9.17, 15) is 9.59 Å². The lowest BCUT2D eigenvalue weighted by atomic mass is 10.1. The molecule has 2 aliphatic rings. The van der Waals surface area contributed by atoms with Crippen molar-refractivity contribution in [2.24, 2.45) is 0 Å². The maximum atomic E-state index is 12.7. The Morgan fingerprint density at radius 3 is 2.58 bits per heavy atom. The Hall–Kier alpha value is -2.76. The van der Waals surface area contributed by atoms with Crippen LogP contribution in [0, 0.1) is 0 Å². The largest absolute Gasteiger partial charge is 0.322 e. The fourth-order valence-corrected chi connectivity index (χ4v) is 5.63. The van der Waals surface area contributed by atoms with Crippen molar-refractivity contribution in [3.05, 3.63) is 94.0 Å². The number of nitrogens with one attached hydrogen (secondary N) is 1. The molecule has 1 fully saturated rings. The van der Waals surface area contributed by atoms with E-state index in [2.05, 4.69) is 23.5 Å². The molecular formula is C25H21ClN2O2S. The van der Waals surface area contributed by atoms with E-state index in [-0.39, 0.29) is 17.2 Å². The van der Waals surface area contributed by atoms with Crippen LogP contribution in [0.3, 0.4) is 0 Å². The highest BCUT2D eigenvalue weighted by molar-refractivity contribution is 8.00. The smallest absolute Gasteiger partial charge is 0.257 e. The Bertz CT molecular complexity index is 1160. The Balaban J connectivity index is 1.35. The first-order valence-electron chi connectivity index (χ1n) is 10.3. The molecular weight excluding hydrogens is 428 g/mol. The lowest BCUT2D eigenvalue weighted by molar-refractivity contribution is -0.115. The number of carbonyl (C=O) groups excluding carboxylic acids is 2. The molecule has 1 heterocycles. The molecule has 1 aliphatic heterocycles. The van der Waals surface area contributed by atoms with E-state index in [1.807, 2.05) is 29.2 Å². The highest BCUT2D eigenvalue weighted by Gasteiger charge is 2.34. The number of nitrogens with zero attached hydrogens (tertiary/aromatic N) is 1. The number of hydrogen-bond acceptors (Lipinski definition) is 3. The van der Waals surface area contributed by atoms with E-state index in [4.69, 9.17) is 11.6 Å². The molecule has 1 N–H and O–H groups in total. The highest BCUT2D eigenvalue weighted by Crippen LogP contribution is 2.43. The maximum Gasteiger partial charge on any atom is 0.257 e. The number of fused-ring (bicyclic) bond motifs is 1. The fourth-order valence-electron chi connectivity index (χ4n) is 4.23. The summed E-state index contributed by atoms with van der Waals surface area (Å²) >= 11 is 7.75. The van der Waals surface area contributed by atoms with E-state index in [1.165, 1.54) is 17.5 Å². The van der Waals surface area contributed by atoms with Crippen LogP contribution in [-0.4, -0.2) is 17.6 Å². The van der Waals surface area contributed by atoms with Crippen molar-refractivity contribution in [2.45, 2.75) is 24.6 Å². The molecule has 0 spiro atoms. The van der Waals surface area contributed by atoms with Crippen molar-refractivity contribution in [1.82, 2.24) is 0 Å². The summed E-state index contributed by atoms with van der Waals surface area (Å²) in [5, 5.41) is 3.24. The van der Waals surface area contributed by atoms with Gasteiger partial charge in [-0.05, 0) is 72.4 Å². The lowest BCUT2D eigenvalue weighted by Crippen LogP contribution is -2.27. The van der Waals surface area contributed by atoms with Crippen LogP contribution in [0.25, 0.3) is 0 Å². The average Bonchev–Trinajstić information content (AvgIpc) is 3.40. The summed E-state index contributed by atoms with van der Waals surface area (Å²) in [6.07, 6.45) is 3.40. The van der Waals surface area contributed by atoms with Crippen molar-refractivity contribution >= 4 is 46.6 Å². The van der Waals surface area contributed by atoms with Crippen LogP contribution < -0.4 is 10.2 Å². The van der Waals surface area contributed by atoms with E-state index in [1.54, 1.807) is 36.0 Å². The third kappa shape index (κ3) is 3.95. The minimum Gasteiger partial charge on any atom is -0.322 e. The van der Waals surface area contributed by atoms with Gasteiger partial charge in [-0.1, -0.05) is 41.9 Å². The van der Waals surface area contributed by atoms with Crippen molar-refractivity contribution in [1.29, 1.82) is 0 Å². The van der Waals surface area contributed by atoms with Crippen LogP contribution in [0.5, 0.6) is 0 Å². The molecule has 1 atom stereocenters. The number of carbonyl (C=O) groups is 2. The zero-order valence-corrected chi connectivity index (χ0v) is 18.4. The Kier molecular flexibility index (Phi) is 5.47. The lowest BCUT2D eigenvalue weighted by Gasteiger charge is -2.25. The molecule has 1 aliphatic carbocycles. The SMILES string of the molecule is O=C(Nc1ccc([C@H]2SCC(=O)N2c2ccc3c(c2)CCC3)cc1)c1ccccc1Cl. The molecule has 3 aromatic rings. The van der Waals surface area contributed by atoms with Crippen LogP contribution >= 0.6 is 23.4 Å². The van der Waals surface area contributed by atoms with Gasteiger partial charge in [-0.25, -0.2) is 0 Å². The molecule has 6 heteroatoms. The van der Waals surface area contributed by atoms with Gasteiger partial charge in [-0.2, -0.15) is 0 Å². The summed E-state index contributed by atoms with van der Waals surface area (Å²) in [4.78, 5) is 27.1. The summed E-state index contributed by atoms with van der Waals surface area (Å²) in [6, 6.07) is 21.1. The highest BCUT2D eigenvalue weighted by atomic mass is 35.5. The van der Waals surface area contributed by atoms with Crippen LogP contribution in [0.2, 0.25) is 5.02 Å². The number of amides is 2. The van der Waals surface area contributed by atoms with Gasteiger partial charge in [0.05, 0.1) is 16.3 Å². The van der Waals surface area contributed by atoms with Crippen LogP contribution in [0.4, 0.5) is 11.4 Å². The Morgan fingerprint density at radius 2 is 1.77 bits per heavy atom. The number of hydrogen-bond donors (Lipinski definition) is 1. The monoisotopic (exact) mass is 448 g/mol. The molecule has 4 nitrogen and oxygen atoms in total. The maximum absolute atomic E-state index is 12.7.